The Labute approximate surface area is 114 Å². The maximum Gasteiger partial charge on any atom is 0.253 e. The Morgan fingerprint density at radius 2 is 2.16 bits per heavy atom. The number of carbonyl (C=O) groups is 1. The van der Waals surface area contributed by atoms with Gasteiger partial charge in [0.05, 0.1) is 0 Å². The summed E-state index contributed by atoms with van der Waals surface area (Å²) >= 11 is 0. The van der Waals surface area contributed by atoms with Crippen molar-refractivity contribution in [1.82, 2.24) is 9.88 Å². The first-order valence-corrected chi connectivity index (χ1v) is 6.47. The number of carbonyl (C=O) groups excluding carboxylic acids is 1. The lowest BCUT2D eigenvalue weighted by Gasteiger charge is -2.18. The number of methoxy groups -OCH3 is 1. The Kier molecular flexibility index (Phi) is 5.76. The van der Waals surface area contributed by atoms with E-state index in [0.717, 1.165) is 12.1 Å². The van der Waals surface area contributed by atoms with Gasteiger partial charge in [-0.25, -0.2) is 4.98 Å². The molecule has 19 heavy (non-hydrogen) atoms. The lowest BCUT2D eigenvalue weighted by Crippen LogP contribution is -2.28. The molecule has 0 radical (unpaired) electrons. The van der Waals surface area contributed by atoms with E-state index in [-0.39, 0.29) is 11.8 Å². The number of nitrogens with two attached hydrogens (primary N) is 1. The minimum Gasteiger partial charge on any atom is -0.385 e. The minimum absolute atomic E-state index is 0.0351. The summed E-state index contributed by atoms with van der Waals surface area (Å²) in [6.45, 7) is 5.36. The van der Waals surface area contributed by atoms with E-state index >= 15 is 0 Å². The van der Waals surface area contributed by atoms with Crippen LogP contribution in [0.4, 0.5) is 5.82 Å². The predicted molar refractivity (Wildman–Crippen MR) is 76.2 cm³/mol. The van der Waals surface area contributed by atoms with Gasteiger partial charge in [0.15, 0.2) is 0 Å². The molecule has 0 fully saturated rings. The number of hydrogen-bond acceptors (Lipinski definition) is 4. The lowest BCUT2D eigenvalue weighted by atomic mass is 10.1. The predicted octanol–water partition coefficient (Wildman–Crippen LogP) is 1.90. The van der Waals surface area contributed by atoms with Crippen molar-refractivity contribution in [2.75, 3.05) is 33.0 Å². The van der Waals surface area contributed by atoms with Gasteiger partial charge in [0.25, 0.3) is 5.91 Å². The maximum atomic E-state index is 12.3. The molecule has 0 unspecified atom stereocenters. The van der Waals surface area contributed by atoms with Gasteiger partial charge in [-0.05, 0) is 24.5 Å². The van der Waals surface area contributed by atoms with E-state index in [1.54, 1.807) is 25.1 Å². The first-order valence-electron chi connectivity index (χ1n) is 6.47. The minimum atomic E-state index is -0.0351. The van der Waals surface area contributed by atoms with Crippen molar-refractivity contribution in [2.45, 2.75) is 26.2 Å². The fraction of sp³-hybridized carbons (Fsp3) is 0.571. The second kappa shape index (κ2) is 7.09. The van der Waals surface area contributed by atoms with Crippen LogP contribution in [-0.2, 0) is 4.74 Å². The van der Waals surface area contributed by atoms with Gasteiger partial charge in [0, 0.05) is 38.6 Å². The van der Waals surface area contributed by atoms with E-state index in [0.29, 0.717) is 24.5 Å². The van der Waals surface area contributed by atoms with Gasteiger partial charge in [-0.15, -0.1) is 0 Å². The molecule has 106 valence electrons. The molecule has 1 rings (SSSR count). The molecule has 1 aromatic heterocycles. The number of pyridine rings is 1. The van der Waals surface area contributed by atoms with E-state index in [1.165, 1.54) is 0 Å². The summed E-state index contributed by atoms with van der Waals surface area (Å²) < 4.78 is 4.98. The Hall–Kier alpha value is -1.62. The van der Waals surface area contributed by atoms with Crippen LogP contribution in [0, 0.1) is 0 Å². The molecule has 1 aromatic rings. The van der Waals surface area contributed by atoms with Crippen LogP contribution < -0.4 is 5.73 Å². The van der Waals surface area contributed by atoms with Crippen LogP contribution in [0.2, 0.25) is 0 Å². The molecule has 0 saturated carbocycles. The van der Waals surface area contributed by atoms with Crippen molar-refractivity contribution in [2.24, 2.45) is 0 Å². The smallest absolute Gasteiger partial charge is 0.253 e. The normalized spacial score (nSPS) is 10.8. The third kappa shape index (κ3) is 4.52. The Balaban J connectivity index is 2.81. The quantitative estimate of drug-likeness (QED) is 0.798. The van der Waals surface area contributed by atoms with E-state index < -0.39 is 0 Å². The van der Waals surface area contributed by atoms with E-state index in [1.807, 2.05) is 19.9 Å². The second-order valence-electron chi connectivity index (χ2n) is 4.93. The van der Waals surface area contributed by atoms with Crippen molar-refractivity contribution in [1.29, 1.82) is 0 Å². The highest BCUT2D eigenvalue weighted by atomic mass is 16.5. The monoisotopic (exact) mass is 265 g/mol. The SMILES string of the molecule is COCCCN(C)C(=O)c1cc(N)nc(C(C)C)c1. The first-order chi connectivity index (χ1) is 8.95. The third-order valence-corrected chi connectivity index (χ3v) is 2.89. The Morgan fingerprint density at radius 1 is 1.47 bits per heavy atom. The summed E-state index contributed by atoms with van der Waals surface area (Å²) in [6, 6.07) is 3.44. The van der Waals surface area contributed by atoms with E-state index in [2.05, 4.69) is 4.98 Å². The first kappa shape index (κ1) is 15.4. The zero-order valence-electron chi connectivity index (χ0n) is 12.1. The summed E-state index contributed by atoms with van der Waals surface area (Å²) in [6.07, 6.45) is 0.816. The van der Waals surface area contributed by atoms with Crippen LogP contribution in [0.1, 0.15) is 42.2 Å². The van der Waals surface area contributed by atoms with E-state index in [9.17, 15) is 4.79 Å². The molecular formula is C14H23N3O2. The number of anilines is 1. The van der Waals surface area contributed by atoms with Crippen LogP contribution >= 0.6 is 0 Å². The van der Waals surface area contributed by atoms with Gasteiger partial charge < -0.3 is 15.4 Å². The summed E-state index contributed by atoms with van der Waals surface area (Å²) in [7, 11) is 3.43. The number of nitrogen functional groups attached to an aromatic ring is 1. The zero-order valence-corrected chi connectivity index (χ0v) is 12.1. The Morgan fingerprint density at radius 3 is 2.74 bits per heavy atom. The number of nitrogens with zero attached hydrogens (tertiary/aromatic N) is 2. The van der Waals surface area contributed by atoms with Crippen LogP contribution in [0.25, 0.3) is 0 Å². The Bertz CT molecular complexity index is 433. The van der Waals surface area contributed by atoms with Crippen LogP contribution in [-0.4, -0.2) is 43.1 Å². The summed E-state index contributed by atoms with van der Waals surface area (Å²) in [5.41, 5.74) is 7.19. The van der Waals surface area contributed by atoms with Crippen LogP contribution in [0.15, 0.2) is 12.1 Å². The van der Waals surface area contributed by atoms with Gasteiger partial charge in [-0.1, -0.05) is 13.8 Å². The second-order valence-corrected chi connectivity index (χ2v) is 4.93. The van der Waals surface area contributed by atoms with E-state index in [4.69, 9.17) is 10.5 Å². The molecule has 5 heteroatoms. The molecule has 0 spiro atoms. The molecule has 0 aliphatic heterocycles. The molecule has 0 saturated heterocycles. The number of aromatic nitrogens is 1. The summed E-state index contributed by atoms with van der Waals surface area (Å²) in [5.74, 6) is 0.598. The maximum absolute atomic E-state index is 12.3. The molecule has 0 aromatic carbocycles. The fourth-order valence-corrected chi connectivity index (χ4v) is 1.76. The molecule has 0 atom stereocenters. The topological polar surface area (TPSA) is 68.5 Å². The van der Waals surface area contributed by atoms with Crippen molar-refractivity contribution in [3.05, 3.63) is 23.4 Å². The fourth-order valence-electron chi connectivity index (χ4n) is 1.76. The van der Waals surface area contributed by atoms with Gasteiger partial charge in [0.2, 0.25) is 0 Å². The highest BCUT2D eigenvalue weighted by Crippen LogP contribution is 2.17. The van der Waals surface area contributed by atoms with Gasteiger partial charge in [0.1, 0.15) is 5.82 Å². The standard InChI is InChI=1S/C14H23N3O2/c1-10(2)12-8-11(9-13(15)16-12)14(18)17(3)6-5-7-19-4/h8-10H,5-7H2,1-4H3,(H2,15,16). The van der Waals surface area contributed by atoms with Crippen molar-refractivity contribution in [3.63, 3.8) is 0 Å². The van der Waals surface area contributed by atoms with Gasteiger partial charge >= 0.3 is 0 Å². The lowest BCUT2D eigenvalue weighted by molar-refractivity contribution is 0.0779. The average Bonchev–Trinajstić information content (AvgIpc) is 2.37. The molecule has 2 N–H and O–H groups in total. The molecule has 0 bridgehead atoms. The van der Waals surface area contributed by atoms with Crippen LogP contribution in [0.3, 0.4) is 0 Å². The highest BCUT2D eigenvalue weighted by molar-refractivity contribution is 5.94. The average molecular weight is 265 g/mol. The third-order valence-electron chi connectivity index (χ3n) is 2.89. The molecule has 0 aliphatic carbocycles. The number of hydrogen-bond donors (Lipinski definition) is 1. The number of amides is 1. The number of rotatable bonds is 6. The molecular weight excluding hydrogens is 242 g/mol. The molecule has 0 aliphatic rings. The molecule has 1 heterocycles. The van der Waals surface area contributed by atoms with Crippen molar-refractivity contribution < 1.29 is 9.53 Å². The number of ether oxygens (including phenoxy) is 1. The molecule has 5 nitrogen and oxygen atoms in total. The van der Waals surface area contributed by atoms with Gasteiger partial charge in [-0.3, -0.25) is 4.79 Å². The van der Waals surface area contributed by atoms with Crippen LogP contribution in [0.5, 0.6) is 0 Å². The zero-order chi connectivity index (χ0) is 14.4. The highest BCUT2D eigenvalue weighted by Gasteiger charge is 2.14. The largest absolute Gasteiger partial charge is 0.385 e. The summed E-state index contributed by atoms with van der Waals surface area (Å²) in [4.78, 5) is 18.2. The van der Waals surface area contributed by atoms with Gasteiger partial charge in [-0.2, -0.15) is 0 Å². The van der Waals surface area contributed by atoms with Crippen molar-refractivity contribution in [3.8, 4) is 0 Å². The molecule has 1 amide bonds. The van der Waals surface area contributed by atoms with Crippen molar-refractivity contribution >= 4 is 11.7 Å². The summed E-state index contributed by atoms with van der Waals surface area (Å²) in [5, 5.41) is 0.